The van der Waals surface area contributed by atoms with Crippen molar-refractivity contribution in [3.8, 4) is 5.69 Å². The van der Waals surface area contributed by atoms with Crippen molar-refractivity contribution in [2.75, 3.05) is 5.73 Å². The monoisotopic (exact) mass is 321 g/mol. The number of alkyl halides is 3. The van der Waals surface area contributed by atoms with E-state index in [2.05, 4.69) is 5.10 Å². The van der Waals surface area contributed by atoms with Crippen LogP contribution in [0.1, 0.15) is 11.3 Å². The van der Waals surface area contributed by atoms with Crippen molar-refractivity contribution in [2.45, 2.75) is 12.3 Å². The Bertz CT molecular complexity index is 708. The summed E-state index contributed by atoms with van der Waals surface area (Å²) >= 11 is 0. The average Bonchev–Trinajstić information content (AvgIpc) is 2.74. The standard InChI is InChI=1S/C11H11F3N3O3P/c12-11(13,14)9-5-8(1-2-10(9)15)17-4-3-7(16-17)6-21(18,19)20/h1-5H,6,15H2,(H2,18,19,20). The number of nitrogen functional groups attached to an aromatic ring is 1. The molecule has 0 unspecified atom stereocenters. The highest BCUT2D eigenvalue weighted by Gasteiger charge is 2.33. The van der Waals surface area contributed by atoms with Gasteiger partial charge in [-0.3, -0.25) is 4.57 Å². The highest BCUT2D eigenvalue weighted by atomic mass is 31.2. The van der Waals surface area contributed by atoms with E-state index < -0.39 is 31.2 Å². The van der Waals surface area contributed by atoms with E-state index >= 15 is 0 Å². The second-order valence-corrected chi connectivity index (χ2v) is 5.99. The van der Waals surface area contributed by atoms with Crippen molar-refractivity contribution in [3.63, 3.8) is 0 Å². The van der Waals surface area contributed by atoms with Crippen LogP contribution in [0.15, 0.2) is 30.5 Å². The van der Waals surface area contributed by atoms with E-state index in [0.717, 1.165) is 16.8 Å². The zero-order valence-corrected chi connectivity index (χ0v) is 11.3. The lowest BCUT2D eigenvalue weighted by molar-refractivity contribution is -0.136. The Morgan fingerprint density at radius 2 is 1.95 bits per heavy atom. The summed E-state index contributed by atoms with van der Waals surface area (Å²) in [5, 5.41) is 3.83. The van der Waals surface area contributed by atoms with E-state index in [9.17, 15) is 17.7 Å². The normalized spacial score (nSPS) is 12.6. The maximum atomic E-state index is 12.8. The molecule has 21 heavy (non-hydrogen) atoms. The van der Waals surface area contributed by atoms with Crippen molar-refractivity contribution in [3.05, 3.63) is 41.7 Å². The Morgan fingerprint density at radius 3 is 2.52 bits per heavy atom. The molecule has 0 fully saturated rings. The summed E-state index contributed by atoms with van der Waals surface area (Å²) in [5.41, 5.74) is 4.06. The largest absolute Gasteiger partial charge is 0.418 e. The van der Waals surface area contributed by atoms with Crippen molar-refractivity contribution < 1.29 is 27.5 Å². The fraction of sp³-hybridized carbons (Fsp3) is 0.182. The molecule has 0 radical (unpaired) electrons. The number of benzene rings is 1. The minimum atomic E-state index is -4.60. The Morgan fingerprint density at radius 1 is 1.29 bits per heavy atom. The average molecular weight is 321 g/mol. The van der Waals surface area contributed by atoms with Crippen molar-refractivity contribution in [1.82, 2.24) is 9.78 Å². The van der Waals surface area contributed by atoms with E-state index in [0.29, 0.717) is 0 Å². The molecule has 114 valence electrons. The first kappa shape index (κ1) is 15.6. The highest BCUT2D eigenvalue weighted by molar-refractivity contribution is 7.50. The molecule has 0 aliphatic rings. The first-order valence-electron chi connectivity index (χ1n) is 5.62. The lowest BCUT2D eigenvalue weighted by atomic mass is 10.1. The smallest absolute Gasteiger partial charge is 0.398 e. The Balaban J connectivity index is 2.37. The molecule has 0 spiro atoms. The van der Waals surface area contributed by atoms with Gasteiger partial charge in [-0.05, 0) is 24.3 Å². The third-order valence-corrected chi connectivity index (χ3v) is 3.36. The lowest BCUT2D eigenvalue weighted by Crippen LogP contribution is -2.10. The Labute approximate surface area is 117 Å². The predicted octanol–water partition coefficient (Wildman–Crippen LogP) is 2.15. The molecule has 1 aromatic carbocycles. The van der Waals surface area contributed by atoms with Crippen LogP contribution in [0.2, 0.25) is 0 Å². The molecule has 0 aliphatic carbocycles. The van der Waals surface area contributed by atoms with Crippen LogP contribution in [0.5, 0.6) is 0 Å². The first-order valence-corrected chi connectivity index (χ1v) is 7.42. The van der Waals surface area contributed by atoms with Gasteiger partial charge in [-0.25, -0.2) is 4.68 Å². The third-order valence-electron chi connectivity index (χ3n) is 2.62. The molecule has 0 amide bonds. The highest BCUT2D eigenvalue weighted by Crippen LogP contribution is 2.38. The SMILES string of the molecule is Nc1ccc(-n2ccc(CP(=O)(O)O)n2)cc1C(F)(F)F. The zero-order chi connectivity index (χ0) is 15.8. The fourth-order valence-corrected chi connectivity index (χ4v) is 2.32. The van der Waals surface area contributed by atoms with Crippen LogP contribution in [0.3, 0.4) is 0 Å². The van der Waals surface area contributed by atoms with Crippen LogP contribution in [0.4, 0.5) is 18.9 Å². The molecule has 6 nitrogen and oxygen atoms in total. The van der Waals surface area contributed by atoms with Gasteiger partial charge in [0.05, 0.1) is 23.1 Å². The molecule has 0 aliphatic heterocycles. The summed E-state index contributed by atoms with van der Waals surface area (Å²) in [6.07, 6.45) is -3.86. The van der Waals surface area contributed by atoms with Crippen LogP contribution in [-0.4, -0.2) is 19.6 Å². The van der Waals surface area contributed by atoms with Crippen LogP contribution in [-0.2, 0) is 16.9 Å². The second-order valence-electron chi connectivity index (χ2n) is 4.34. The van der Waals surface area contributed by atoms with Gasteiger partial charge in [-0.2, -0.15) is 18.3 Å². The van der Waals surface area contributed by atoms with Gasteiger partial charge in [0.25, 0.3) is 0 Å². The molecule has 0 saturated carbocycles. The van der Waals surface area contributed by atoms with Crippen LogP contribution in [0.25, 0.3) is 5.69 Å². The van der Waals surface area contributed by atoms with E-state index in [4.69, 9.17) is 15.5 Å². The molecule has 1 heterocycles. The molecule has 10 heteroatoms. The van der Waals surface area contributed by atoms with Gasteiger partial charge in [0.1, 0.15) is 0 Å². The molecule has 0 saturated heterocycles. The van der Waals surface area contributed by atoms with Gasteiger partial charge in [0.2, 0.25) is 0 Å². The Kier molecular flexibility index (Phi) is 3.83. The minimum absolute atomic E-state index is 0.0775. The van der Waals surface area contributed by atoms with Crippen molar-refractivity contribution in [1.29, 1.82) is 0 Å². The minimum Gasteiger partial charge on any atom is -0.398 e. The number of rotatable bonds is 3. The van der Waals surface area contributed by atoms with Crippen LogP contribution in [0, 0.1) is 0 Å². The summed E-state index contributed by atoms with van der Waals surface area (Å²) in [6, 6.07) is 4.58. The van der Waals surface area contributed by atoms with Gasteiger partial charge in [0, 0.05) is 11.9 Å². The summed E-state index contributed by atoms with van der Waals surface area (Å²) in [6.45, 7) is 0. The van der Waals surface area contributed by atoms with Crippen LogP contribution < -0.4 is 5.73 Å². The number of anilines is 1. The van der Waals surface area contributed by atoms with Gasteiger partial charge < -0.3 is 15.5 Å². The topological polar surface area (TPSA) is 101 Å². The molecule has 1 aromatic heterocycles. The quantitative estimate of drug-likeness (QED) is 0.594. The molecule has 0 bridgehead atoms. The maximum absolute atomic E-state index is 12.8. The molecule has 0 atom stereocenters. The maximum Gasteiger partial charge on any atom is 0.418 e. The summed E-state index contributed by atoms with van der Waals surface area (Å²) in [7, 11) is -4.29. The molecular weight excluding hydrogens is 310 g/mol. The number of hydrogen-bond acceptors (Lipinski definition) is 3. The van der Waals surface area contributed by atoms with Crippen LogP contribution >= 0.6 is 7.60 Å². The number of nitrogens with zero attached hydrogens (tertiary/aromatic N) is 2. The fourth-order valence-electron chi connectivity index (χ4n) is 1.73. The molecule has 4 N–H and O–H groups in total. The van der Waals surface area contributed by atoms with Crippen molar-refractivity contribution >= 4 is 13.3 Å². The van der Waals surface area contributed by atoms with Crippen molar-refractivity contribution in [2.24, 2.45) is 0 Å². The van der Waals surface area contributed by atoms with Gasteiger partial charge >= 0.3 is 13.8 Å². The number of nitrogens with two attached hydrogens (primary N) is 1. The molecule has 2 rings (SSSR count). The lowest BCUT2D eigenvalue weighted by Gasteiger charge is -2.11. The second kappa shape index (κ2) is 5.18. The molecular formula is C11H11F3N3O3P. The van der Waals surface area contributed by atoms with Gasteiger partial charge in [-0.1, -0.05) is 0 Å². The van der Waals surface area contributed by atoms with E-state index in [1.165, 1.54) is 18.3 Å². The third kappa shape index (κ3) is 3.84. The van der Waals surface area contributed by atoms with Gasteiger partial charge in [-0.15, -0.1) is 0 Å². The van der Waals surface area contributed by atoms with E-state index in [-0.39, 0.29) is 11.4 Å². The summed E-state index contributed by atoms with van der Waals surface area (Å²) in [4.78, 5) is 17.7. The van der Waals surface area contributed by atoms with E-state index in [1.54, 1.807) is 0 Å². The van der Waals surface area contributed by atoms with Gasteiger partial charge in [0.15, 0.2) is 0 Å². The zero-order valence-electron chi connectivity index (χ0n) is 10.4. The molecule has 2 aromatic rings. The summed E-state index contributed by atoms with van der Waals surface area (Å²) in [5.74, 6) is 0. The van der Waals surface area contributed by atoms with E-state index in [1.807, 2.05) is 0 Å². The number of halogens is 3. The number of aromatic nitrogens is 2. The predicted molar refractivity (Wildman–Crippen MR) is 68.7 cm³/mol. The summed E-state index contributed by atoms with van der Waals surface area (Å²) < 4.78 is 50.2. The first-order chi connectivity index (χ1) is 9.56. The number of hydrogen-bond donors (Lipinski definition) is 3. The Hall–Kier alpha value is -1.83.